The van der Waals surface area contributed by atoms with Crippen molar-refractivity contribution in [3.63, 3.8) is 0 Å². The Morgan fingerprint density at radius 1 is 1.20 bits per heavy atom. The molecule has 7 nitrogen and oxygen atoms in total. The molecule has 0 saturated carbocycles. The summed E-state index contributed by atoms with van der Waals surface area (Å²) >= 11 is 0. The summed E-state index contributed by atoms with van der Waals surface area (Å²) in [6.07, 6.45) is 0.330. The van der Waals surface area contributed by atoms with E-state index < -0.39 is 0 Å². The molecule has 0 aliphatic carbocycles. The third-order valence-electron chi connectivity index (χ3n) is 4.42. The van der Waals surface area contributed by atoms with Crippen LogP contribution in [0.5, 0.6) is 0 Å². The zero-order valence-electron chi connectivity index (χ0n) is 17.2. The summed E-state index contributed by atoms with van der Waals surface area (Å²) < 4.78 is 13.2. The second-order valence-corrected chi connectivity index (χ2v) is 8.14. The van der Waals surface area contributed by atoms with Crippen LogP contribution in [0.3, 0.4) is 0 Å². The summed E-state index contributed by atoms with van der Waals surface area (Å²) in [5.74, 6) is -0.309. The Hall–Kier alpha value is -3.28. The van der Waals surface area contributed by atoms with Crippen LogP contribution in [-0.2, 0) is 0 Å². The smallest absolute Gasteiger partial charge is 0.257 e. The average molecular weight is 408 g/mol. The molecule has 1 fully saturated rings. The van der Waals surface area contributed by atoms with Gasteiger partial charge in [-0.2, -0.15) is 5.26 Å². The largest absolute Gasteiger partial charge is 0.351 e. The Bertz CT molecular complexity index is 974. The molecule has 1 amide bonds. The number of benzene rings is 2. The minimum atomic E-state index is -0.358. The van der Waals surface area contributed by atoms with Gasteiger partial charge in [0, 0.05) is 23.6 Å². The molecular formula is C22H25FN6O. The van der Waals surface area contributed by atoms with Crippen LogP contribution in [0, 0.1) is 17.1 Å². The number of guanidine groups is 1. The maximum absolute atomic E-state index is 13.2. The lowest BCUT2D eigenvalue weighted by Crippen LogP contribution is -2.50. The van der Waals surface area contributed by atoms with Crippen LogP contribution < -0.4 is 21.5 Å². The Labute approximate surface area is 175 Å². The molecule has 1 saturated heterocycles. The fourth-order valence-corrected chi connectivity index (χ4v) is 3.05. The topological polar surface area (TPSA) is 101 Å². The van der Waals surface area contributed by atoms with Crippen molar-refractivity contribution in [1.82, 2.24) is 21.5 Å². The molecule has 3 rings (SSSR count). The number of halogens is 1. The van der Waals surface area contributed by atoms with E-state index in [1.54, 1.807) is 30.3 Å². The van der Waals surface area contributed by atoms with Crippen LogP contribution in [0.1, 0.15) is 54.7 Å². The number of amides is 1. The van der Waals surface area contributed by atoms with E-state index in [1.807, 2.05) is 26.8 Å². The van der Waals surface area contributed by atoms with Gasteiger partial charge < -0.3 is 5.32 Å². The number of hydrogen-bond acceptors (Lipinski definition) is 5. The first kappa shape index (κ1) is 21.4. The van der Waals surface area contributed by atoms with Crippen LogP contribution >= 0.6 is 0 Å². The second-order valence-electron chi connectivity index (χ2n) is 8.14. The number of rotatable bonds is 3. The molecule has 1 heterocycles. The normalized spacial score (nSPS) is 19.2. The molecule has 4 N–H and O–H groups in total. The van der Waals surface area contributed by atoms with Gasteiger partial charge in [-0.1, -0.05) is 18.2 Å². The molecule has 0 spiro atoms. The second kappa shape index (κ2) is 9.03. The zero-order chi connectivity index (χ0) is 21.7. The van der Waals surface area contributed by atoms with Crippen LogP contribution in [0.15, 0.2) is 53.5 Å². The number of nitrogens with zero attached hydrogens (tertiary/aromatic N) is 2. The summed E-state index contributed by atoms with van der Waals surface area (Å²) in [4.78, 5) is 17.3. The highest BCUT2D eigenvalue weighted by Crippen LogP contribution is 2.23. The van der Waals surface area contributed by atoms with Gasteiger partial charge in [0.25, 0.3) is 5.91 Å². The van der Waals surface area contributed by atoms with Gasteiger partial charge >= 0.3 is 0 Å². The molecule has 0 aromatic heterocycles. The summed E-state index contributed by atoms with van der Waals surface area (Å²) in [6.45, 7) is 5.89. The third kappa shape index (κ3) is 5.86. The minimum Gasteiger partial charge on any atom is -0.351 e. The van der Waals surface area contributed by atoms with E-state index in [4.69, 9.17) is 5.26 Å². The van der Waals surface area contributed by atoms with Crippen LogP contribution in [-0.4, -0.2) is 23.6 Å². The molecular weight excluding hydrogens is 383 g/mol. The van der Waals surface area contributed by atoms with Gasteiger partial charge in [0.1, 0.15) is 12.0 Å². The number of hydrazine groups is 1. The molecule has 8 heteroatoms. The van der Waals surface area contributed by atoms with Crippen molar-refractivity contribution in [2.75, 3.05) is 0 Å². The lowest BCUT2D eigenvalue weighted by molar-refractivity contribution is 0.0975. The summed E-state index contributed by atoms with van der Waals surface area (Å²) in [7, 11) is 0. The average Bonchev–Trinajstić information content (AvgIpc) is 3.15. The molecule has 2 aromatic rings. The summed E-state index contributed by atoms with van der Waals surface area (Å²) in [5.41, 5.74) is 7.66. The molecule has 0 bridgehead atoms. The number of hydrogen-bond donors (Lipinski definition) is 4. The van der Waals surface area contributed by atoms with Gasteiger partial charge in [-0.25, -0.2) is 20.2 Å². The molecule has 2 aromatic carbocycles. The van der Waals surface area contributed by atoms with E-state index in [-0.39, 0.29) is 29.5 Å². The molecule has 2 unspecified atom stereocenters. The van der Waals surface area contributed by atoms with Gasteiger partial charge in [0.05, 0.1) is 11.6 Å². The fraction of sp³-hybridized carbons (Fsp3) is 0.318. The zero-order valence-corrected chi connectivity index (χ0v) is 17.2. The molecule has 156 valence electrons. The summed E-state index contributed by atoms with van der Waals surface area (Å²) in [5, 5.41) is 15.1. The third-order valence-corrected chi connectivity index (χ3v) is 4.42. The van der Waals surface area contributed by atoms with Gasteiger partial charge in [-0.3, -0.25) is 10.1 Å². The molecule has 1 aliphatic heterocycles. The van der Waals surface area contributed by atoms with E-state index in [0.29, 0.717) is 23.5 Å². The SMILES string of the molecule is CC(C)(C)NC(=NC1CC(c2ccc(F)cc2)NN1)NC(=O)c1cccc(C#N)c1. The van der Waals surface area contributed by atoms with E-state index in [0.717, 1.165) is 5.56 Å². The van der Waals surface area contributed by atoms with Crippen LogP contribution in [0.2, 0.25) is 0 Å². The van der Waals surface area contributed by atoms with Crippen molar-refractivity contribution in [2.45, 2.75) is 44.9 Å². The fourth-order valence-electron chi connectivity index (χ4n) is 3.05. The highest BCUT2D eigenvalue weighted by Gasteiger charge is 2.26. The number of aliphatic imine (C=N–C) groups is 1. The van der Waals surface area contributed by atoms with Crippen molar-refractivity contribution in [2.24, 2.45) is 4.99 Å². The lowest BCUT2D eigenvalue weighted by Gasteiger charge is -2.24. The van der Waals surface area contributed by atoms with E-state index in [1.165, 1.54) is 18.2 Å². The van der Waals surface area contributed by atoms with Crippen molar-refractivity contribution in [3.05, 3.63) is 71.0 Å². The standard InChI is InChI=1S/C22H25FN6O/c1-22(2,3)27-21(26-20(30)16-6-4-5-14(11-16)13-24)25-19-12-18(28-29-19)15-7-9-17(23)10-8-15/h4-11,18-19,28-29H,12H2,1-3H3,(H2,25,26,27,30). The Morgan fingerprint density at radius 3 is 2.60 bits per heavy atom. The molecule has 1 aliphatic rings. The Kier molecular flexibility index (Phi) is 6.45. The lowest BCUT2D eigenvalue weighted by atomic mass is 10.0. The Balaban J connectivity index is 1.74. The van der Waals surface area contributed by atoms with Gasteiger partial charge in [-0.05, 0) is 56.7 Å². The van der Waals surface area contributed by atoms with E-state index >= 15 is 0 Å². The highest BCUT2D eigenvalue weighted by atomic mass is 19.1. The summed E-state index contributed by atoms with van der Waals surface area (Å²) in [6, 6.07) is 14.8. The number of nitriles is 1. The number of nitrogens with one attached hydrogen (secondary N) is 4. The molecule has 2 atom stereocenters. The first-order valence-electron chi connectivity index (χ1n) is 9.67. The molecule has 0 radical (unpaired) electrons. The van der Waals surface area contributed by atoms with Crippen molar-refractivity contribution in [3.8, 4) is 6.07 Å². The van der Waals surface area contributed by atoms with Crippen LogP contribution in [0.25, 0.3) is 0 Å². The Morgan fingerprint density at radius 2 is 1.93 bits per heavy atom. The van der Waals surface area contributed by atoms with E-state index in [9.17, 15) is 9.18 Å². The maximum atomic E-state index is 13.2. The number of carbonyl (C=O) groups excluding carboxylic acids is 1. The maximum Gasteiger partial charge on any atom is 0.257 e. The predicted molar refractivity (Wildman–Crippen MR) is 113 cm³/mol. The van der Waals surface area contributed by atoms with Crippen molar-refractivity contribution >= 4 is 11.9 Å². The quantitative estimate of drug-likeness (QED) is 0.462. The first-order valence-corrected chi connectivity index (χ1v) is 9.67. The van der Waals surface area contributed by atoms with Crippen molar-refractivity contribution < 1.29 is 9.18 Å². The van der Waals surface area contributed by atoms with Crippen molar-refractivity contribution in [1.29, 1.82) is 5.26 Å². The van der Waals surface area contributed by atoms with E-state index in [2.05, 4.69) is 26.5 Å². The van der Waals surface area contributed by atoms with Crippen LogP contribution in [0.4, 0.5) is 4.39 Å². The monoisotopic (exact) mass is 408 g/mol. The molecule has 30 heavy (non-hydrogen) atoms. The first-order chi connectivity index (χ1) is 14.2. The minimum absolute atomic E-state index is 0.0294. The van der Waals surface area contributed by atoms with Gasteiger partial charge in [0.15, 0.2) is 5.96 Å². The number of carbonyl (C=O) groups is 1. The van der Waals surface area contributed by atoms with Gasteiger partial charge in [0.2, 0.25) is 0 Å². The highest BCUT2D eigenvalue weighted by molar-refractivity contribution is 6.06. The van der Waals surface area contributed by atoms with Gasteiger partial charge in [-0.15, -0.1) is 0 Å². The predicted octanol–water partition coefficient (Wildman–Crippen LogP) is 2.74.